The number of carbonyl (C=O) groups is 1. The van der Waals surface area contributed by atoms with Gasteiger partial charge in [-0.2, -0.15) is 0 Å². The quantitative estimate of drug-likeness (QED) is 0.624. The Morgan fingerprint density at radius 1 is 1.50 bits per heavy atom. The fraction of sp³-hybridized carbons (Fsp3) is 0.750. The van der Waals surface area contributed by atoms with E-state index in [9.17, 15) is 4.79 Å². The summed E-state index contributed by atoms with van der Waals surface area (Å²) in [6.07, 6.45) is 0. The molecule has 1 N–H and O–H groups in total. The van der Waals surface area contributed by atoms with E-state index in [1.807, 2.05) is 0 Å². The van der Waals surface area contributed by atoms with E-state index in [2.05, 4.69) is 0 Å². The minimum Gasteiger partial charge on any atom is -0.481 e. The zero-order chi connectivity index (χ0) is 6.57. The Labute approximate surface area is 57.4 Å². The molecule has 0 aliphatic carbocycles. The van der Waals surface area contributed by atoms with Gasteiger partial charge in [0, 0.05) is 11.8 Å². The molecule has 0 bridgehead atoms. The van der Waals surface area contributed by atoms with E-state index in [1.54, 1.807) is 0 Å². The molecule has 0 rings (SSSR count). The van der Waals surface area contributed by atoms with Gasteiger partial charge in [0.15, 0.2) is 0 Å². The van der Waals surface area contributed by atoms with Crippen molar-refractivity contribution in [1.82, 2.24) is 0 Å². The summed E-state index contributed by atoms with van der Waals surface area (Å²) < 4.78 is 0. The third-order valence-corrected chi connectivity index (χ3v) is 1.47. The number of carboxylic acids is 1. The van der Waals surface area contributed by atoms with Crippen LogP contribution in [0, 0.1) is 5.92 Å². The molecule has 0 fully saturated rings. The van der Waals surface area contributed by atoms with Gasteiger partial charge in [-0.15, -0.1) is 23.2 Å². The Hall–Kier alpha value is 0.0500. The zero-order valence-electron chi connectivity index (χ0n) is 4.10. The van der Waals surface area contributed by atoms with Gasteiger partial charge in [-0.25, -0.2) is 0 Å². The number of aliphatic carboxylic acids is 1. The smallest absolute Gasteiger partial charge is 0.308 e. The molecule has 0 aliphatic heterocycles. The topological polar surface area (TPSA) is 37.3 Å². The molecule has 0 heterocycles. The molecule has 48 valence electrons. The molecule has 0 aliphatic rings. The van der Waals surface area contributed by atoms with Crippen LogP contribution in [0.1, 0.15) is 0 Å². The first-order valence-electron chi connectivity index (χ1n) is 2.07. The second kappa shape index (κ2) is 3.98. The van der Waals surface area contributed by atoms with Crippen LogP contribution in [0.2, 0.25) is 0 Å². The first-order chi connectivity index (χ1) is 3.72. The average Bonchev–Trinajstić information content (AvgIpc) is 1.69. The van der Waals surface area contributed by atoms with Crippen molar-refractivity contribution in [2.45, 2.75) is 0 Å². The van der Waals surface area contributed by atoms with Crippen molar-refractivity contribution in [3.63, 3.8) is 0 Å². The molecule has 0 radical (unpaired) electrons. The van der Waals surface area contributed by atoms with Crippen molar-refractivity contribution >= 4 is 29.2 Å². The van der Waals surface area contributed by atoms with Crippen molar-refractivity contribution in [1.29, 1.82) is 0 Å². The van der Waals surface area contributed by atoms with E-state index in [4.69, 9.17) is 28.3 Å². The van der Waals surface area contributed by atoms with Crippen LogP contribution in [0.3, 0.4) is 0 Å². The maximum Gasteiger partial charge on any atom is 0.308 e. The zero-order valence-corrected chi connectivity index (χ0v) is 5.61. The van der Waals surface area contributed by atoms with Gasteiger partial charge in [0.25, 0.3) is 0 Å². The summed E-state index contributed by atoms with van der Waals surface area (Å²) in [6, 6.07) is 0. The molecule has 0 atom stereocenters. The second-order valence-electron chi connectivity index (χ2n) is 1.34. The molecule has 2 nitrogen and oxygen atoms in total. The highest BCUT2D eigenvalue weighted by atomic mass is 35.5. The Balaban J connectivity index is 3.52. The summed E-state index contributed by atoms with van der Waals surface area (Å²) in [5.41, 5.74) is 0. The highest BCUT2D eigenvalue weighted by molar-refractivity contribution is 6.22. The molecule has 0 spiro atoms. The van der Waals surface area contributed by atoms with Crippen molar-refractivity contribution < 1.29 is 9.90 Å². The van der Waals surface area contributed by atoms with Crippen LogP contribution in [0.4, 0.5) is 0 Å². The summed E-state index contributed by atoms with van der Waals surface area (Å²) in [5.74, 6) is -1.37. The third-order valence-electron chi connectivity index (χ3n) is 0.722. The largest absolute Gasteiger partial charge is 0.481 e. The van der Waals surface area contributed by atoms with E-state index in [0.29, 0.717) is 0 Å². The van der Waals surface area contributed by atoms with Gasteiger partial charge in [-0.05, 0) is 0 Å². The number of carboxylic acid groups (broad SMARTS) is 1. The van der Waals surface area contributed by atoms with Crippen LogP contribution < -0.4 is 0 Å². The summed E-state index contributed by atoms with van der Waals surface area (Å²) in [4.78, 5) is 9.99. The SMILES string of the molecule is O=C(O)C(CCl)CCl. The van der Waals surface area contributed by atoms with Crippen LogP contribution >= 0.6 is 23.2 Å². The minimum atomic E-state index is -0.935. The second-order valence-corrected chi connectivity index (χ2v) is 1.96. The average molecular weight is 157 g/mol. The van der Waals surface area contributed by atoms with Gasteiger partial charge in [-0.3, -0.25) is 4.79 Å². The van der Waals surface area contributed by atoms with Gasteiger partial charge in [-0.1, -0.05) is 0 Å². The van der Waals surface area contributed by atoms with E-state index in [1.165, 1.54) is 0 Å². The normalized spacial score (nSPS) is 9.88. The van der Waals surface area contributed by atoms with E-state index in [-0.39, 0.29) is 11.8 Å². The van der Waals surface area contributed by atoms with Crippen molar-refractivity contribution in [2.24, 2.45) is 5.92 Å². The van der Waals surface area contributed by atoms with Crippen LogP contribution in [0.25, 0.3) is 0 Å². The minimum absolute atomic E-state index is 0.0822. The van der Waals surface area contributed by atoms with Gasteiger partial charge in [0.2, 0.25) is 0 Å². The maximum absolute atomic E-state index is 9.99. The number of hydrogen-bond donors (Lipinski definition) is 1. The van der Waals surface area contributed by atoms with Crippen LogP contribution in [-0.2, 0) is 4.79 Å². The standard InChI is InChI=1S/C4H6Cl2O2/c5-1-3(2-6)4(7)8/h3H,1-2H2,(H,7,8). The van der Waals surface area contributed by atoms with Gasteiger partial charge >= 0.3 is 5.97 Å². The summed E-state index contributed by atoms with van der Waals surface area (Å²) in [7, 11) is 0. The molecular weight excluding hydrogens is 151 g/mol. The Morgan fingerprint density at radius 3 is 1.88 bits per heavy atom. The van der Waals surface area contributed by atoms with E-state index in [0.717, 1.165) is 0 Å². The molecule has 0 saturated heterocycles. The lowest BCUT2D eigenvalue weighted by molar-refractivity contribution is -0.140. The number of alkyl halides is 2. The van der Waals surface area contributed by atoms with Gasteiger partial charge in [0.1, 0.15) is 0 Å². The monoisotopic (exact) mass is 156 g/mol. The van der Waals surface area contributed by atoms with Crippen molar-refractivity contribution in [3.8, 4) is 0 Å². The lowest BCUT2D eigenvalue weighted by Crippen LogP contribution is -2.16. The molecule has 4 heteroatoms. The highest BCUT2D eigenvalue weighted by Gasteiger charge is 2.13. The van der Waals surface area contributed by atoms with Crippen LogP contribution in [0.15, 0.2) is 0 Å². The Morgan fingerprint density at radius 2 is 1.88 bits per heavy atom. The first kappa shape index (κ1) is 8.05. The van der Waals surface area contributed by atoms with E-state index < -0.39 is 11.9 Å². The highest BCUT2D eigenvalue weighted by Crippen LogP contribution is 2.01. The summed E-state index contributed by atoms with van der Waals surface area (Å²) in [5, 5.41) is 8.20. The predicted octanol–water partition coefficient (Wildman–Crippen LogP) is 1.16. The van der Waals surface area contributed by atoms with E-state index >= 15 is 0 Å². The molecular formula is C4H6Cl2O2. The van der Waals surface area contributed by atoms with Crippen molar-refractivity contribution in [2.75, 3.05) is 11.8 Å². The van der Waals surface area contributed by atoms with Gasteiger partial charge < -0.3 is 5.11 Å². The Bertz CT molecular complexity index is 80.1. The fourth-order valence-electron chi connectivity index (χ4n) is 0.173. The Kier molecular flexibility index (Phi) is 4.01. The summed E-state index contributed by atoms with van der Waals surface area (Å²) >= 11 is 10.4. The number of hydrogen-bond acceptors (Lipinski definition) is 1. The molecule has 0 aromatic carbocycles. The lowest BCUT2D eigenvalue weighted by atomic mass is 10.2. The molecule has 8 heavy (non-hydrogen) atoms. The predicted molar refractivity (Wildman–Crippen MR) is 32.6 cm³/mol. The summed E-state index contributed by atoms with van der Waals surface area (Å²) in [6.45, 7) is 0. The first-order valence-corrected chi connectivity index (χ1v) is 3.14. The number of halogens is 2. The maximum atomic E-state index is 9.99. The molecule has 0 saturated carbocycles. The lowest BCUT2D eigenvalue weighted by Gasteiger charge is -1.99. The fourth-order valence-corrected chi connectivity index (χ4v) is 0.767. The molecule has 0 aromatic heterocycles. The number of rotatable bonds is 3. The molecule has 0 aromatic rings. The van der Waals surface area contributed by atoms with Crippen LogP contribution in [-0.4, -0.2) is 22.8 Å². The van der Waals surface area contributed by atoms with Crippen molar-refractivity contribution in [3.05, 3.63) is 0 Å². The van der Waals surface area contributed by atoms with Crippen LogP contribution in [0.5, 0.6) is 0 Å². The molecule has 0 amide bonds. The van der Waals surface area contributed by atoms with Gasteiger partial charge in [0.05, 0.1) is 5.92 Å². The third kappa shape index (κ3) is 2.38. The molecule has 0 unspecified atom stereocenters.